The fourth-order valence-electron chi connectivity index (χ4n) is 1.34. The third kappa shape index (κ3) is 2.36. The largest absolute Gasteiger partial charge is 0.238 e. The minimum Gasteiger partial charge on any atom is -0.238 e. The number of hydrogen-bond donors (Lipinski definition) is 0. The van der Waals surface area contributed by atoms with Gasteiger partial charge in [-0.3, -0.25) is 0 Å². The Morgan fingerprint density at radius 2 is 2.07 bits per heavy atom. The van der Waals surface area contributed by atoms with Crippen molar-refractivity contribution in [2.75, 3.05) is 0 Å². The second-order valence-electron chi connectivity index (χ2n) is 4.23. The lowest BCUT2D eigenvalue weighted by Gasteiger charge is -2.23. The van der Waals surface area contributed by atoms with Crippen LogP contribution >= 0.6 is 0 Å². The van der Waals surface area contributed by atoms with Crippen molar-refractivity contribution < 1.29 is 0 Å². The average Bonchev–Trinajstić information content (AvgIpc) is 2.28. The van der Waals surface area contributed by atoms with E-state index in [4.69, 9.17) is 11.8 Å². The van der Waals surface area contributed by atoms with Crippen molar-refractivity contribution in [3.63, 3.8) is 0 Å². The molecule has 0 fully saturated rings. The number of hydrogen-bond acceptors (Lipinski definition) is 1. The summed E-state index contributed by atoms with van der Waals surface area (Å²) < 4.78 is 0. The number of nitrogens with zero attached hydrogens (tertiary/aromatic N) is 2. The zero-order chi connectivity index (χ0) is 11.5. The van der Waals surface area contributed by atoms with Crippen LogP contribution in [0.15, 0.2) is 18.2 Å². The Bertz CT molecular complexity index is 412. The maximum atomic E-state index is 8.87. The minimum absolute atomic E-state index is 0.0201. The third-order valence-electron chi connectivity index (χ3n) is 2.84. The van der Waals surface area contributed by atoms with Gasteiger partial charge >= 0.3 is 0 Å². The van der Waals surface area contributed by atoms with E-state index in [1.54, 1.807) is 6.07 Å². The van der Waals surface area contributed by atoms with E-state index < -0.39 is 0 Å². The quantitative estimate of drug-likeness (QED) is 0.664. The van der Waals surface area contributed by atoms with Crippen molar-refractivity contribution in [3.05, 3.63) is 40.7 Å². The van der Waals surface area contributed by atoms with Crippen LogP contribution in [0.25, 0.3) is 4.85 Å². The van der Waals surface area contributed by atoms with Gasteiger partial charge in [0.05, 0.1) is 12.6 Å². The summed E-state index contributed by atoms with van der Waals surface area (Å²) in [5.74, 6) is 0. The molecule has 1 rings (SSSR count). The second kappa shape index (κ2) is 4.15. The monoisotopic (exact) mass is 198 g/mol. The van der Waals surface area contributed by atoms with Crippen LogP contribution in [0.1, 0.15) is 38.3 Å². The van der Waals surface area contributed by atoms with Gasteiger partial charge in [0.15, 0.2) is 5.69 Å². The molecular weight excluding hydrogens is 184 g/mol. The van der Waals surface area contributed by atoms with Crippen molar-refractivity contribution in [1.29, 1.82) is 5.26 Å². The Labute approximate surface area is 91.0 Å². The van der Waals surface area contributed by atoms with E-state index in [9.17, 15) is 0 Å². The predicted molar refractivity (Wildman–Crippen MR) is 60.7 cm³/mol. The van der Waals surface area contributed by atoms with Gasteiger partial charge in [0.2, 0.25) is 0 Å². The molecule has 2 heteroatoms. The maximum absolute atomic E-state index is 8.87. The number of nitriles is 1. The predicted octanol–water partition coefficient (Wildman–Crippen LogP) is 3.80. The molecule has 0 aromatic heterocycles. The third-order valence-corrected chi connectivity index (χ3v) is 2.84. The molecule has 0 aliphatic heterocycles. The van der Waals surface area contributed by atoms with E-state index in [0.717, 1.165) is 12.0 Å². The fourth-order valence-corrected chi connectivity index (χ4v) is 1.34. The van der Waals surface area contributed by atoms with Crippen LogP contribution in [0.4, 0.5) is 5.69 Å². The van der Waals surface area contributed by atoms with Gasteiger partial charge in [0.25, 0.3) is 0 Å². The summed E-state index contributed by atoms with van der Waals surface area (Å²) >= 11 is 0. The molecule has 0 unspecified atom stereocenters. The molecule has 0 saturated heterocycles. The first-order chi connectivity index (χ1) is 7.03. The molecule has 0 heterocycles. The van der Waals surface area contributed by atoms with Crippen LogP contribution in [0.2, 0.25) is 0 Å². The molecule has 0 spiro atoms. The van der Waals surface area contributed by atoms with Crippen molar-refractivity contribution in [2.24, 2.45) is 0 Å². The Morgan fingerprint density at radius 1 is 1.40 bits per heavy atom. The molecule has 0 bridgehead atoms. The molecule has 1 aromatic rings. The first-order valence-electron chi connectivity index (χ1n) is 4.96. The summed E-state index contributed by atoms with van der Waals surface area (Å²) in [6, 6.07) is 7.47. The van der Waals surface area contributed by atoms with Gasteiger partial charge in [0, 0.05) is 5.56 Å². The summed E-state index contributed by atoms with van der Waals surface area (Å²) in [6.07, 6.45) is 0.985. The standard InChI is InChI=1S/C13H14N2/c1-5-13(2,3)11-6-10(9-14)7-12(8-11)15-4/h6-8H,5H2,1-3H3. The van der Waals surface area contributed by atoms with Gasteiger partial charge < -0.3 is 0 Å². The van der Waals surface area contributed by atoms with Crippen molar-refractivity contribution in [2.45, 2.75) is 32.6 Å². The van der Waals surface area contributed by atoms with E-state index in [2.05, 4.69) is 31.7 Å². The van der Waals surface area contributed by atoms with Crippen molar-refractivity contribution in [1.82, 2.24) is 0 Å². The SMILES string of the molecule is [C-]#[N+]c1cc(C#N)cc(C(C)(C)CC)c1. The molecular formula is C13H14N2. The van der Waals surface area contributed by atoms with Crippen LogP contribution in [0.3, 0.4) is 0 Å². The molecule has 0 aliphatic rings. The molecule has 0 N–H and O–H groups in total. The molecule has 0 atom stereocenters. The lowest BCUT2D eigenvalue weighted by Crippen LogP contribution is -2.15. The Hall–Kier alpha value is -1.80. The van der Waals surface area contributed by atoms with Gasteiger partial charge in [-0.05, 0) is 24.0 Å². The highest BCUT2D eigenvalue weighted by Crippen LogP contribution is 2.30. The van der Waals surface area contributed by atoms with Gasteiger partial charge in [0.1, 0.15) is 0 Å². The van der Waals surface area contributed by atoms with Crippen molar-refractivity contribution >= 4 is 5.69 Å². The molecule has 0 radical (unpaired) electrons. The smallest absolute Gasteiger partial charge is 0.188 e. The van der Waals surface area contributed by atoms with E-state index in [-0.39, 0.29) is 5.41 Å². The Kier molecular flexibility index (Phi) is 3.12. The molecule has 0 aliphatic carbocycles. The second-order valence-corrected chi connectivity index (χ2v) is 4.23. The number of benzene rings is 1. The van der Waals surface area contributed by atoms with Gasteiger partial charge in [-0.1, -0.05) is 32.4 Å². The molecule has 0 saturated carbocycles. The topological polar surface area (TPSA) is 28.1 Å². The minimum atomic E-state index is 0.0201. The molecule has 0 amide bonds. The van der Waals surface area contributed by atoms with Crippen LogP contribution in [0.5, 0.6) is 0 Å². The van der Waals surface area contributed by atoms with Crippen LogP contribution < -0.4 is 0 Å². The van der Waals surface area contributed by atoms with E-state index >= 15 is 0 Å². The molecule has 1 aromatic carbocycles. The lowest BCUT2D eigenvalue weighted by molar-refractivity contribution is 0.506. The van der Waals surface area contributed by atoms with Gasteiger partial charge in [-0.15, -0.1) is 0 Å². The highest BCUT2D eigenvalue weighted by atomic mass is 14.6. The number of rotatable bonds is 2. The highest BCUT2D eigenvalue weighted by molar-refractivity contribution is 5.54. The zero-order valence-electron chi connectivity index (χ0n) is 9.33. The highest BCUT2D eigenvalue weighted by Gasteiger charge is 2.18. The summed E-state index contributed by atoms with van der Waals surface area (Å²) in [7, 11) is 0. The molecule has 15 heavy (non-hydrogen) atoms. The zero-order valence-corrected chi connectivity index (χ0v) is 9.33. The average molecular weight is 198 g/mol. The first kappa shape index (κ1) is 11.3. The Morgan fingerprint density at radius 3 is 2.53 bits per heavy atom. The first-order valence-corrected chi connectivity index (χ1v) is 4.96. The van der Waals surface area contributed by atoms with Crippen molar-refractivity contribution in [3.8, 4) is 6.07 Å². The normalized spacial score (nSPS) is 10.5. The summed E-state index contributed by atoms with van der Waals surface area (Å²) in [4.78, 5) is 3.39. The van der Waals surface area contributed by atoms with E-state index in [1.807, 2.05) is 12.1 Å². The Balaban J connectivity index is 3.33. The molecule has 76 valence electrons. The van der Waals surface area contributed by atoms with Crippen LogP contribution in [-0.4, -0.2) is 0 Å². The van der Waals surface area contributed by atoms with Crippen LogP contribution in [-0.2, 0) is 5.41 Å². The lowest BCUT2D eigenvalue weighted by atomic mass is 9.81. The van der Waals surface area contributed by atoms with E-state index in [1.165, 1.54) is 0 Å². The van der Waals surface area contributed by atoms with Gasteiger partial charge in [-0.25, -0.2) is 4.85 Å². The van der Waals surface area contributed by atoms with E-state index in [0.29, 0.717) is 11.3 Å². The summed E-state index contributed by atoms with van der Waals surface area (Å²) in [6.45, 7) is 13.3. The summed E-state index contributed by atoms with van der Waals surface area (Å²) in [5.41, 5.74) is 2.20. The molecule has 2 nitrogen and oxygen atoms in total. The summed E-state index contributed by atoms with van der Waals surface area (Å²) in [5, 5.41) is 8.87. The van der Waals surface area contributed by atoms with Gasteiger partial charge in [-0.2, -0.15) is 5.26 Å². The fraction of sp³-hybridized carbons (Fsp3) is 0.385. The maximum Gasteiger partial charge on any atom is 0.188 e. The van der Waals surface area contributed by atoms with Crippen LogP contribution in [0, 0.1) is 17.9 Å².